The number of hydrogen-bond donors (Lipinski definition) is 1. The molecule has 5 rings (SSSR count). The molecule has 5 nitrogen and oxygen atoms in total. The summed E-state index contributed by atoms with van der Waals surface area (Å²) in [4.78, 5) is 13.6. The molecule has 1 heterocycles. The van der Waals surface area contributed by atoms with Gasteiger partial charge in [0.2, 0.25) is 0 Å². The normalized spacial score (nSPS) is 15.1. The molecule has 0 bridgehead atoms. The summed E-state index contributed by atoms with van der Waals surface area (Å²) in [6, 6.07) is 32.9. The summed E-state index contributed by atoms with van der Waals surface area (Å²) in [6.07, 6.45) is 0.545. The minimum absolute atomic E-state index is 0.206. The first-order valence-corrected chi connectivity index (χ1v) is 13.0. The molecule has 1 aliphatic heterocycles. The van der Waals surface area contributed by atoms with Crippen molar-refractivity contribution in [3.8, 4) is 0 Å². The van der Waals surface area contributed by atoms with E-state index in [0.29, 0.717) is 17.7 Å². The van der Waals surface area contributed by atoms with E-state index in [1.54, 1.807) is 42.5 Å². The van der Waals surface area contributed by atoms with Crippen LogP contribution < -0.4 is 9.62 Å². The van der Waals surface area contributed by atoms with Gasteiger partial charge in [0.15, 0.2) is 0 Å². The van der Waals surface area contributed by atoms with E-state index in [1.807, 2.05) is 73.7 Å². The molecule has 0 spiro atoms. The van der Waals surface area contributed by atoms with Crippen molar-refractivity contribution in [1.82, 2.24) is 5.32 Å². The lowest BCUT2D eigenvalue weighted by Gasteiger charge is -2.24. The zero-order chi connectivity index (χ0) is 24.4. The molecule has 35 heavy (non-hydrogen) atoms. The van der Waals surface area contributed by atoms with Crippen molar-refractivity contribution in [3.05, 3.63) is 131 Å². The smallest absolute Gasteiger partial charge is 0.264 e. The highest BCUT2D eigenvalue weighted by Crippen LogP contribution is 2.37. The number of hydrogen-bond acceptors (Lipinski definition) is 3. The fraction of sp³-hybridized carbons (Fsp3) is 0.138. The zero-order valence-corrected chi connectivity index (χ0v) is 20.2. The number of benzene rings is 4. The first kappa shape index (κ1) is 22.9. The number of sulfonamides is 1. The lowest BCUT2D eigenvalue weighted by molar-refractivity contribution is 0.0943. The average molecular weight is 483 g/mol. The quantitative estimate of drug-likeness (QED) is 0.403. The van der Waals surface area contributed by atoms with Gasteiger partial charge in [0, 0.05) is 11.6 Å². The predicted molar refractivity (Wildman–Crippen MR) is 138 cm³/mol. The molecule has 0 radical (unpaired) electrons. The Morgan fingerprint density at radius 3 is 1.94 bits per heavy atom. The molecule has 0 aliphatic carbocycles. The molecule has 0 fully saturated rings. The molecule has 1 N–H and O–H groups in total. The van der Waals surface area contributed by atoms with E-state index < -0.39 is 10.0 Å². The molecule has 176 valence electrons. The van der Waals surface area contributed by atoms with E-state index in [1.165, 1.54) is 4.31 Å². The summed E-state index contributed by atoms with van der Waals surface area (Å²) >= 11 is 0. The third-order valence-electron chi connectivity index (χ3n) is 6.34. The van der Waals surface area contributed by atoms with Gasteiger partial charge < -0.3 is 5.32 Å². The summed E-state index contributed by atoms with van der Waals surface area (Å²) < 4.78 is 28.1. The molecular formula is C29H26N2O3S. The lowest BCUT2D eigenvalue weighted by atomic mass is 9.98. The first-order chi connectivity index (χ1) is 16.9. The predicted octanol–water partition coefficient (Wildman–Crippen LogP) is 5.35. The van der Waals surface area contributed by atoms with Crippen LogP contribution in [0.15, 0.2) is 114 Å². The van der Waals surface area contributed by atoms with Crippen LogP contribution in [0.3, 0.4) is 0 Å². The highest BCUT2D eigenvalue weighted by molar-refractivity contribution is 7.92. The average Bonchev–Trinajstić information content (AvgIpc) is 3.24. The van der Waals surface area contributed by atoms with Crippen molar-refractivity contribution in [1.29, 1.82) is 0 Å². The van der Waals surface area contributed by atoms with Crippen LogP contribution >= 0.6 is 0 Å². The van der Waals surface area contributed by atoms with Gasteiger partial charge >= 0.3 is 0 Å². The first-order valence-electron chi connectivity index (χ1n) is 11.6. The molecular weight excluding hydrogens is 456 g/mol. The van der Waals surface area contributed by atoms with Gasteiger partial charge in [-0.1, -0.05) is 78.9 Å². The lowest BCUT2D eigenvalue weighted by Crippen LogP contribution is -2.35. The van der Waals surface area contributed by atoms with Crippen LogP contribution in [0.1, 0.15) is 40.0 Å². The molecule has 1 atom stereocenters. The molecule has 0 aromatic heterocycles. The Bertz CT molecular complexity index is 1400. The molecule has 4 aromatic rings. The highest BCUT2D eigenvalue weighted by Gasteiger charge is 2.36. The summed E-state index contributed by atoms with van der Waals surface area (Å²) in [6.45, 7) is 1.89. The van der Waals surface area contributed by atoms with Crippen LogP contribution in [-0.4, -0.2) is 20.4 Å². The topological polar surface area (TPSA) is 66.5 Å². The van der Waals surface area contributed by atoms with Crippen molar-refractivity contribution in [3.63, 3.8) is 0 Å². The number of nitrogens with zero attached hydrogens (tertiary/aromatic N) is 1. The fourth-order valence-electron chi connectivity index (χ4n) is 4.68. The largest absolute Gasteiger partial charge is 0.341 e. The molecule has 0 saturated carbocycles. The summed E-state index contributed by atoms with van der Waals surface area (Å²) in [5.41, 5.74) is 3.96. The molecule has 1 amide bonds. The van der Waals surface area contributed by atoms with Crippen molar-refractivity contribution < 1.29 is 13.2 Å². The van der Waals surface area contributed by atoms with Crippen LogP contribution in [0.5, 0.6) is 0 Å². The van der Waals surface area contributed by atoms with E-state index in [9.17, 15) is 13.2 Å². The molecule has 4 aromatic carbocycles. The van der Waals surface area contributed by atoms with Gasteiger partial charge in [-0.3, -0.25) is 9.10 Å². The van der Waals surface area contributed by atoms with Crippen molar-refractivity contribution >= 4 is 21.6 Å². The Hall–Kier alpha value is -3.90. The van der Waals surface area contributed by atoms with Gasteiger partial charge in [0.1, 0.15) is 0 Å². The van der Waals surface area contributed by atoms with Crippen LogP contribution in [0.2, 0.25) is 0 Å². The van der Waals surface area contributed by atoms with E-state index >= 15 is 0 Å². The van der Waals surface area contributed by atoms with Crippen LogP contribution in [0.4, 0.5) is 5.69 Å². The Morgan fingerprint density at radius 2 is 1.37 bits per heavy atom. The Kier molecular flexibility index (Phi) is 6.14. The van der Waals surface area contributed by atoms with Gasteiger partial charge in [-0.15, -0.1) is 0 Å². The second-order valence-electron chi connectivity index (χ2n) is 8.74. The summed E-state index contributed by atoms with van der Waals surface area (Å²) in [5, 5.41) is 3.16. The Labute approximate surface area is 206 Å². The third kappa shape index (κ3) is 4.45. The second kappa shape index (κ2) is 9.39. The summed E-state index contributed by atoms with van der Waals surface area (Å²) in [7, 11) is -3.69. The van der Waals surface area contributed by atoms with Gasteiger partial charge in [-0.05, 0) is 60.4 Å². The molecule has 0 saturated heterocycles. The Balaban J connectivity index is 1.44. The molecule has 6 heteroatoms. The second-order valence-corrected chi connectivity index (χ2v) is 10.6. The maximum absolute atomic E-state index is 13.3. The monoisotopic (exact) mass is 482 g/mol. The van der Waals surface area contributed by atoms with E-state index in [4.69, 9.17) is 0 Å². The number of anilines is 1. The maximum Gasteiger partial charge on any atom is 0.264 e. The number of fused-ring (bicyclic) bond motifs is 1. The van der Waals surface area contributed by atoms with Crippen molar-refractivity contribution in [2.24, 2.45) is 0 Å². The zero-order valence-electron chi connectivity index (χ0n) is 19.3. The van der Waals surface area contributed by atoms with E-state index in [0.717, 1.165) is 16.7 Å². The van der Waals surface area contributed by atoms with E-state index in [2.05, 4.69) is 5.32 Å². The molecule has 0 unspecified atom stereocenters. The fourth-order valence-corrected chi connectivity index (χ4v) is 6.39. The number of rotatable bonds is 6. The number of carbonyl (C=O) groups is 1. The van der Waals surface area contributed by atoms with Crippen molar-refractivity contribution in [2.45, 2.75) is 30.3 Å². The third-order valence-corrected chi connectivity index (χ3v) is 8.28. The maximum atomic E-state index is 13.3. The van der Waals surface area contributed by atoms with Crippen LogP contribution in [0.25, 0.3) is 0 Å². The SMILES string of the molecule is C[C@@H]1Cc2cc(C(=O)NC(c3ccccc3)c3ccccc3)ccc2N1S(=O)(=O)c1ccccc1. The van der Waals surface area contributed by atoms with Crippen LogP contribution in [-0.2, 0) is 16.4 Å². The molecule has 1 aliphatic rings. The van der Waals surface area contributed by atoms with Gasteiger partial charge in [0.25, 0.3) is 15.9 Å². The standard InChI is InChI=1S/C29H26N2O3S/c1-21-19-25-20-24(17-18-27(25)31(21)35(33,34)26-15-9-4-10-16-26)29(32)30-28(22-11-5-2-6-12-22)23-13-7-3-8-14-23/h2-18,20-21,28H,19H2,1H3,(H,30,32)/t21-/m1/s1. The van der Waals surface area contributed by atoms with E-state index in [-0.39, 0.29) is 22.9 Å². The minimum atomic E-state index is -3.69. The number of amides is 1. The number of nitrogens with one attached hydrogen (secondary N) is 1. The van der Waals surface area contributed by atoms with Gasteiger partial charge in [-0.25, -0.2) is 8.42 Å². The minimum Gasteiger partial charge on any atom is -0.341 e. The van der Waals surface area contributed by atoms with Crippen LogP contribution in [0, 0.1) is 0 Å². The van der Waals surface area contributed by atoms with Gasteiger partial charge in [0.05, 0.1) is 16.6 Å². The number of carbonyl (C=O) groups excluding carboxylic acids is 1. The van der Waals surface area contributed by atoms with Gasteiger partial charge in [-0.2, -0.15) is 0 Å². The van der Waals surface area contributed by atoms with Crippen molar-refractivity contribution in [2.75, 3.05) is 4.31 Å². The Morgan fingerprint density at radius 1 is 0.829 bits per heavy atom. The highest BCUT2D eigenvalue weighted by atomic mass is 32.2. The summed E-state index contributed by atoms with van der Waals surface area (Å²) in [5.74, 6) is -0.206.